The fraction of sp³-hybridized carbons (Fsp3) is 0.722. The van der Waals surface area contributed by atoms with Crippen molar-refractivity contribution in [3.05, 3.63) is 11.6 Å². The van der Waals surface area contributed by atoms with Crippen LogP contribution >= 0.6 is 0 Å². The molecule has 0 unspecified atom stereocenters. The van der Waals surface area contributed by atoms with Crippen LogP contribution in [0.3, 0.4) is 0 Å². The van der Waals surface area contributed by atoms with E-state index in [1.165, 1.54) is 0 Å². The number of ether oxygens (including phenoxy) is 1. The predicted molar refractivity (Wildman–Crippen MR) is 88.4 cm³/mol. The number of hydrogen-bond acceptors (Lipinski definition) is 3. The molecule has 2 heterocycles. The number of nitrogens with zero attached hydrogens (tertiary/aromatic N) is 2. The van der Waals surface area contributed by atoms with Crippen molar-refractivity contribution in [3.8, 4) is 11.8 Å². The summed E-state index contributed by atoms with van der Waals surface area (Å²) in [6.45, 7) is 7.07. The maximum Gasteiger partial charge on any atom is 0.248 e. The van der Waals surface area contributed by atoms with Crippen molar-refractivity contribution in [2.24, 2.45) is 5.92 Å². The molecule has 4 nitrogen and oxygen atoms in total. The molecule has 0 aromatic carbocycles. The van der Waals surface area contributed by atoms with Gasteiger partial charge < -0.3 is 9.64 Å². The lowest BCUT2D eigenvalue weighted by atomic mass is 9.86. The van der Waals surface area contributed by atoms with Crippen LogP contribution in [0.5, 0.6) is 0 Å². The van der Waals surface area contributed by atoms with E-state index < -0.39 is 0 Å². The summed E-state index contributed by atoms with van der Waals surface area (Å²) in [5.74, 6) is 7.14. The number of piperidine rings is 1. The zero-order valence-corrected chi connectivity index (χ0v) is 13.9. The molecular formula is C18H28N2O2. The summed E-state index contributed by atoms with van der Waals surface area (Å²) in [6, 6.07) is 0. The van der Waals surface area contributed by atoms with Gasteiger partial charge in [-0.2, -0.15) is 0 Å². The van der Waals surface area contributed by atoms with Crippen molar-refractivity contribution in [1.82, 2.24) is 9.80 Å². The number of methoxy groups -OCH3 is 1. The van der Waals surface area contributed by atoms with E-state index in [1.807, 2.05) is 4.90 Å². The highest BCUT2D eigenvalue weighted by Gasteiger charge is 2.26. The molecule has 0 radical (unpaired) electrons. The Bertz CT molecular complexity index is 453. The number of amides is 1. The molecule has 0 bridgehead atoms. The third-order valence-electron chi connectivity index (χ3n) is 4.57. The molecule has 1 amide bonds. The first kappa shape index (κ1) is 17.1. The second-order valence-corrected chi connectivity index (χ2v) is 6.06. The van der Waals surface area contributed by atoms with E-state index in [0.717, 1.165) is 58.4 Å². The minimum Gasteiger partial charge on any atom is -0.375 e. The molecule has 2 rings (SSSR count). The van der Waals surface area contributed by atoms with E-state index in [0.29, 0.717) is 5.92 Å². The largest absolute Gasteiger partial charge is 0.375 e. The van der Waals surface area contributed by atoms with Gasteiger partial charge in [-0.25, -0.2) is 0 Å². The Morgan fingerprint density at radius 1 is 1.32 bits per heavy atom. The van der Waals surface area contributed by atoms with Gasteiger partial charge in [-0.3, -0.25) is 9.69 Å². The lowest BCUT2D eigenvalue weighted by Gasteiger charge is -2.35. The van der Waals surface area contributed by atoms with Crippen LogP contribution in [0.25, 0.3) is 0 Å². The maximum atomic E-state index is 11.8. The van der Waals surface area contributed by atoms with Crippen LogP contribution in [-0.4, -0.2) is 62.1 Å². The van der Waals surface area contributed by atoms with Crippen LogP contribution in [0.2, 0.25) is 0 Å². The van der Waals surface area contributed by atoms with E-state index in [4.69, 9.17) is 4.74 Å². The van der Waals surface area contributed by atoms with Gasteiger partial charge in [0, 0.05) is 39.7 Å². The smallest absolute Gasteiger partial charge is 0.248 e. The monoisotopic (exact) mass is 304 g/mol. The Balaban J connectivity index is 1.77. The highest BCUT2D eigenvalue weighted by molar-refractivity contribution is 5.77. The molecule has 0 spiro atoms. The van der Waals surface area contributed by atoms with Crippen molar-refractivity contribution in [1.29, 1.82) is 0 Å². The van der Waals surface area contributed by atoms with Crippen LogP contribution in [0.1, 0.15) is 32.6 Å². The normalized spacial score (nSPS) is 20.3. The molecule has 2 aliphatic rings. The lowest BCUT2D eigenvalue weighted by molar-refractivity contribution is -0.136. The molecule has 0 aliphatic carbocycles. The van der Waals surface area contributed by atoms with Crippen molar-refractivity contribution < 1.29 is 9.53 Å². The van der Waals surface area contributed by atoms with Gasteiger partial charge in [-0.1, -0.05) is 24.5 Å². The van der Waals surface area contributed by atoms with Crippen molar-refractivity contribution in [2.75, 3.05) is 46.4 Å². The molecule has 0 aromatic rings. The van der Waals surface area contributed by atoms with Crippen LogP contribution < -0.4 is 0 Å². The predicted octanol–water partition coefficient (Wildman–Crippen LogP) is 1.92. The van der Waals surface area contributed by atoms with Crippen LogP contribution in [0.15, 0.2) is 11.6 Å². The summed E-state index contributed by atoms with van der Waals surface area (Å²) in [6.07, 6.45) is 6.68. The minimum atomic E-state index is 0.124. The second kappa shape index (κ2) is 8.97. The van der Waals surface area contributed by atoms with E-state index >= 15 is 0 Å². The summed E-state index contributed by atoms with van der Waals surface area (Å²) >= 11 is 0. The van der Waals surface area contributed by atoms with E-state index in [-0.39, 0.29) is 12.5 Å². The van der Waals surface area contributed by atoms with Gasteiger partial charge in [0.05, 0.1) is 6.54 Å². The van der Waals surface area contributed by atoms with Crippen LogP contribution in [-0.2, 0) is 9.53 Å². The third-order valence-corrected chi connectivity index (χ3v) is 4.57. The lowest BCUT2D eigenvalue weighted by Crippen LogP contribution is -2.41. The van der Waals surface area contributed by atoms with Crippen LogP contribution in [0, 0.1) is 17.8 Å². The summed E-state index contributed by atoms with van der Waals surface area (Å²) in [5, 5.41) is 0. The Morgan fingerprint density at radius 3 is 2.68 bits per heavy atom. The fourth-order valence-corrected chi connectivity index (χ4v) is 3.25. The molecule has 0 N–H and O–H groups in total. The summed E-state index contributed by atoms with van der Waals surface area (Å²) < 4.78 is 4.93. The number of rotatable bonds is 4. The summed E-state index contributed by atoms with van der Waals surface area (Å²) in [7, 11) is 1.58. The quantitative estimate of drug-likeness (QED) is 0.587. The molecule has 122 valence electrons. The van der Waals surface area contributed by atoms with Gasteiger partial charge in [0.1, 0.15) is 6.61 Å². The van der Waals surface area contributed by atoms with Gasteiger partial charge in [-0.05, 0) is 25.2 Å². The van der Waals surface area contributed by atoms with Gasteiger partial charge >= 0.3 is 0 Å². The van der Waals surface area contributed by atoms with Crippen molar-refractivity contribution >= 4 is 5.91 Å². The number of carbonyl (C=O) groups is 1. The second-order valence-electron chi connectivity index (χ2n) is 6.06. The number of carbonyl (C=O) groups excluding carboxylic acids is 1. The van der Waals surface area contributed by atoms with E-state index in [2.05, 4.69) is 29.7 Å². The first-order valence-electron chi connectivity index (χ1n) is 8.38. The standard InChI is InChI=1S/C18H28N2O2/c1-3-4-5-10-19-11-6-16(7-12-19)17-8-13-20(14-9-17)18(21)15-22-2/h6,17H,3,7-15H2,1-2H3. The van der Waals surface area contributed by atoms with E-state index in [1.54, 1.807) is 12.7 Å². The molecule has 1 fully saturated rings. The van der Waals surface area contributed by atoms with Crippen molar-refractivity contribution in [3.63, 3.8) is 0 Å². The average Bonchev–Trinajstić information content (AvgIpc) is 2.56. The summed E-state index contributed by atoms with van der Waals surface area (Å²) in [5.41, 5.74) is 1.60. The van der Waals surface area contributed by atoms with Crippen molar-refractivity contribution in [2.45, 2.75) is 32.6 Å². The number of hydrogen-bond donors (Lipinski definition) is 0. The highest BCUT2D eigenvalue weighted by atomic mass is 16.5. The van der Waals surface area contributed by atoms with Crippen LogP contribution in [0.4, 0.5) is 0 Å². The first-order valence-corrected chi connectivity index (χ1v) is 8.38. The van der Waals surface area contributed by atoms with E-state index in [9.17, 15) is 4.79 Å². The molecule has 22 heavy (non-hydrogen) atoms. The molecule has 0 aromatic heterocycles. The molecule has 1 saturated heterocycles. The maximum absolute atomic E-state index is 11.8. The van der Waals surface area contributed by atoms with Gasteiger partial charge in [0.25, 0.3) is 0 Å². The molecular weight excluding hydrogens is 276 g/mol. The molecule has 0 saturated carbocycles. The average molecular weight is 304 g/mol. The zero-order valence-electron chi connectivity index (χ0n) is 13.9. The first-order chi connectivity index (χ1) is 10.7. The highest BCUT2D eigenvalue weighted by Crippen LogP contribution is 2.28. The topological polar surface area (TPSA) is 32.8 Å². The van der Waals surface area contributed by atoms with Gasteiger partial charge in [-0.15, -0.1) is 5.92 Å². The molecule has 2 aliphatic heterocycles. The Kier molecular flexibility index (Phi) is 6.95. The number of likely N-dealkylation sites (tertiary alicyclic amines) is 1. The molecule has 4 heteroatoms. The summed E-state index contributed by atoms with van der Waals surface area (Å²) in [4.78, 5) is 16.2. The fourth-order valence-electron chi connectivity index (χ4n) is 3.25. The Hall–Kier alpha value is -1.31. The zero-order chi connectivity index (χ0) is 15.8. The Labute approximate surface area is 134 Å². The third kappa shape index (κ3) is 4.86. The van der Waals surface area contributed by atoms with Gasteiger partial charge in [0.2, 0.25) is 5.91 Å². The Morgan fingerprint density at radius 2 is 2.09 bits per heavy atom. The van der Waals surface area contributed by atoms with Gasteiger partial charge in [0.15, 0.2) is 0 Å². The minimum absolute atomic E-state index is 0.124. The molecule has 0 atom stereocenters. The SMILES string of the molecule is CCC#CCN1CC=C(C2CCN(C(=O)COC)CC2)CC1.